The molecule has 2 N–H and O–H groups in total. The van der Waals surface area contributed by atoms with Crippen LogP contribution in [0.1, 0.15) is 13.8 Å². The fraction of sp³-hybridized carbons (Fsp3) is 0.875. The summed E-state index contributed by atoms with van der Waals surface area (Å²) in [7, 11) is 5.21. The van der Waals surface area contributed by atoms with E-state index in [0.717, 1.165) is 0 Å². The normalized spacial score (nSPS) is 11.2. The van der Waals surface area contributed by atoms with E-state index < -0.39 is 0 Å². The number of hydrogen-bond donors (Lipinski definition) is 1. The lowest BCUT2D eigenvalue weighted by molar-refractivity contribution is 0.136. The number of amides is 2. The van der Waals surface area contributed by atoms with Crippen LogP contribution in [0.15, 0.2) is 0 Å². The van der Waals surface area contributed by atoms with Gasteiger partial charge in [0.25, 0.3) is 0 Å². The van der Waals surface area contributed by atoms with Crippen molar-refractivity contribution in [3.63, 3.8) is 0 Å². The maximum absolute atomic E-state index is 11.4. The number of nitrogens with zero attached hydrogens (tertiary/aromatic N) is 2. The Bertz CT molecular complexity index is 166. The summed E-state index contributed by atoms with van der Waals surface area (Å²) >= 11 is 0. The van der Waals surface area contributed by atoms with E-state index in [1.807, 2.05) is 13.8 Å². The van der Waals surface area contributed by atoms with Crippen LogP contribution in [-0.4, -0.2) is 49.1 Å². The molecule has 0 aromatic carbocycles. The minimum absolute atomic E-state index is 0.0227. The van der Waals surface area contributed by atoms with Gasteiger partial charge in [0.2, 0.25) is 0 Å². The Morgan fingerprint density at radius 1 is 1.33 bits per heavy atom. The van der Waals surface area contributed by atoms with Crippen LogP contribution < -0.4 is 5.73 Å². The van der Waals surface area contributed by atoms with Crippen molar-refractivity contribution >= 4 is 6.03 Å². The molecular weight excluding hydrogens is 154 g/mol. The van der Waals surface area contributed by atoms with Crippen molar-refractivity contribution in [1.82, 2.24) is 9.80 Å². The molecule has 2 amide bonds. The second kappa shape index (κ2) is 3.76. The lowest BCUT2D eigenvalue weighted by Gasteiger charge is -2.36. The van der Waals surface area contributed by atoms with E-state index in [9.17, 15) is 4.79 Å². The minimum Gasteiger partial charge on any atom is -0.331 e. The van der Waals surface area contributed by atoms with Crippen LogP contribution in [0.25, 0.3) is 0 Å². The van der Waals surface area contributed by atoms with Gasteiger partial charge in [-0.3, -0.25) is 0 Å². The van der Waals surface area contributed by atoms with Crippen molar-refractivity contribution in [3.05, 3.63) is 0 Å². The SMILES string of the molecule is CN(C)C(=O)N(C)C(C)(C)CN. The van der Waals surface area contributed by atoms with Gasteiger partial charge in [-0.25, -0.2) is 4.79 Å². The van der Waals surface area contributed by atoms with Crippen molar-refractivity contribution in [2.24, 2.45) is 5.73 Å². The van der Waals surface area contributed by atoms with Crippen LogP contribution in [-0.2, 0) is 0 Å². The van der Waals surface area contributed by atoms with Crippen molar-refractivity contribution in [1.29, 1.82) is 0 Å². The van der Waals surface area contributed by atoms with Crippen molar-refractivity contribution in [3.8, 4) is 0 Å². The summed E-state index contributed by atoms with van der Waals surface area (Å²) in [5.41, 5.74) is 5.26. The first kappa shape index (κ1) is 11.2. The average molecular weight is 173 g/mol. The van der Waals surface area contributed by atoms with Crippen LogP contribution >= 0.6 is 0 Å². The molecule has 12 heavy (non-hydrogen) atoms. The van der Waals surface area contributed by atoms with Crippen molar-refractivity contribution in [2.45, 2.75) is 19.4 Å². The van der Waals surface area contributed by atoms with Crippen LogP contribution in [0, 0.1) is 0 Å². The van der Waals surface area contributed by atoms with Gasteiger partial charge in [0.15, 0.2) is 0 Å². The first-order chi connectivity index (χ1) is 5.33. The number of rotatable bonds is 2. The average Bonchev–Trinajstić information content (AvgIpc) is 2.01. The maximum Gasteiger partial charge on any atom is 0.319 e. The third kappa shape index (κ3) is 2.37. The molecule has 4 heteroatoms. The van der Waals surface area contributed by atoms with Crippen LogP contribution in [0.2, 0.25) is 0 Å². The lowest BCUT2D eigenvalue weighted by Crippen LogP contribution is -2.53. The van der Waals surface area contributed by atoms with Gasteiger partial charge in [-0.1, -0.05) is 0 Å². The third-order valence-electron chi connectivity index (χ3n) is 2.08. The molecule has 0 aromatic heterocycles. The van der Waals surface area contributed by atoms with Gasteiger partial charge in [-0.2, -0.15) is 0 Å². The molecule has 0 aromatic rings. The van der Waals surface area contributed by atoms with E-state index >= 15 is 0 Å². The second-order valence-corrected chi connectivity index (χ2v) is 3.75. The molecule has 0 aliphatic carbocycles. The summed E-state index contributed by atoms with van der Waals surface area (Å²) in [6.07, 6.45) is 0. The minimum atomic E-state index is -0.276. The van der Waals surface area contributed by atoms with E-state index in [1.165, 1.54) is 4.90 Å². The molecule has 0 bridgehead atoms. The van der Waals surface area contributed by atoms with Crippen molar-refractivity contribution < 1.29 is 4.79 Å². The highest BCUT2D eigenvalue weighted by Gasteiger charge is 2.26. The molecular formula is C8H19N3O. The fourth-order valence-corrected chi connectivity index (χ4v) is 0.696. The first-order valence-corrected chi connectivity index (χ1v) is 3.98. The van der Waals surface area contributed by atoms with Gasteiger partial charge in [0, 0.05) is 27.7 Å². The number of likely N-dealkylation sites (N-methyl/N-ethyl adjacent to an activating group) is 1. The monoisotopic (exact) mass is 173 g/mol. The van der Waals surface area contributed by atoms with Gasteiger partial charge in [-0.15, -0.1) is 0 Å². The Balaban J connectivity index is 4.38. The van der Waals surface area contributed by atoms with Gasteiger partial charge in [0.1, 0.15) is 0 Å². The van der Waals surface area contributed by atoms with Gasteiger partial charge < -0.3 is 15.5 Å². The van der Waals surface area contributed by atoms with Crippen molar-refractivity contribution in [2.75, 3.05) is 27.7 Å². The number of nitrogens with two attached hydrogens (primary N) is 1. The predicted octanol–water partition coefficient (Wildman–Crippen LogP) is 0.337. The molecule has 0 aliphatic heterocycles. The molecule has 0 saturated heterocycles. The zero-order valence-electron chi connectivity index (χ0n) is 8.59. The lowest BCUT2D eigenvalue weighted by atomic mass is 10.1. The van der Waals surface area contributed by atoms with Gasteiger partial charge in [0.05, 0.1) is 5.54 Å². The number of carbonyl (C=O) groups is 1. The van der Waals surface area contributed by atoms with E-state index in [-0.39, 0.29) is 11.6 Å². The van der Waals surface area contributed by atoms with E-state index in [0.29, 0.717) is 6.54 Å². The number of carbonyl (C=O) groups excluding carboxylic acids is 1. The van der Waals surface area contributed by atoms with E-state index in [4.69, 9.17) is 5.73 Å². The van der Waals surface area contributed by atoms with E-state index in [2.05, 4.69) is 0 Å². The van der Waals surface area contributed by atoms with Crippen LogP contribution in [0.3, 0.4) is 0 Å². The Morgan fingerprint density at radius 3 is 2.00 bits per heavy atom. The Morgan fingerprint density at radius 2 is 1.75 bits per heavy atom. The highest BCUT2D eigenvalue weighted by Crippen LogP contribution is 2.11. The molecule has 0 atom stereocenters. The summed E-state index contributed by atoms with van der Waals surface area (Å²) in [6, 6.07) is -0.0227. The molecule has 0 rings (SSSR count). The summed E-state index contributed by atoms with van der Waals surface area (Å²) in [4.78, 5) is 14.6. The smallest absolute Gasteiger partial charge is 0.319 e. The molecule has 0 spiro atoms. The zero-order chi connectivity index (χ0) is 9.94. The largest absolute Gasteiger partial charge is 0.331 e. The summed E-state index contributed by atoms with van der Waals surface area (Å²) < 4.78 is 0. The first-order valence-electron chi connectivity index (χ1n) is 3.98. The molecule has 0 saturated carbocycles. The molecule has 0 radical (unpaired) electrons. The number of urea groups is 1. The quantitative estimate of drug-likeness (QED) is 0.654. The highest BCUT2D eigenvalue weighted by molar-refractivity contribution is 5.74. The molecule has 0 fully saturated rings. The Kier molecular flexibility index (Phi) is 3.52. The predicted molar refractivity (Wildman–Crippen MR) is 50.0 cm³/mol. The highest BCUT2D eigenvalue weighted by atomic mass is 16.2. The molecule has 72 valence electrons. The standard InChI is InChI=1S/C8H19N3O/c1-8(2,6-9)11(5)7(12)10(3)4/h6,9H2,1-5H3. The third-order valence-corrected chi connectivity index (χ3v) is 2.08. The molecule has 4 nitrogen and oxygen atoms in total. The van der Waals surface area contributed by atoms with Crippen LogP contribution in [0.5, 0.6) is 0 Å². The van der Waals surface area contributed by atoms with E-state index in [1.54, 1.807) is 26.0 Å². The molecule has 0 heterocycles. The van der Waals surface area contributed by atoms with Crippen LogP contribution in [0.4, 0.5) is 4.79 Å². The van der Waals surface area contributed by atoms with Gasteiger partial charge >= 0.3 is 6.03 Å². The Labute approximate surface area is 74.3 Å². The maximum atomic E-state index is 11.4. The van der Waals surface area contributed by atoms with Gasteiger partial charge in [-0.05, 0) is 13.8 Å². The molecule has 0 aliphatic rings. The topological polar surface area (TPSA) is 49.6 Å². The zero-order valence-corrected chi connectivity index (χ0v) is 8.59. The number of hydrogen-bond acceptors (Lipinski definition) is 2. The fourth-order valence-electron chi connectivity index (χ4n) is 0.696. The molecule has 0 unspecified atom stereocenters. The summed E-state index contributed by atoms with van der Waals surface area (Å²) in [6.45, 7) is 4.34. The second-order valence-electron chi connectivity index (χ2n) is 3.75. The Hall–Kier alpha value is -0.770. The summed E-state index contributed by atoms with van der Waals surface area (Å²) in [5.74, 6) is 0. The summed E-state index contributed by atoms with van der Waals surface area (Å²) in [5, 5.41) is 0.